The van der Waals surface area contributed by atoms with Crippen LogP contribution in [0.1, 0.15) is 22.8 Å². The summed E-state index contributed by atoms with van der Waals surface area (Å²) in [5.74, 6) is 0.211. The Morgan fingerprint density at radius 2 is 1.24 bits per heavy atom. The predicted molar refractivity (Wildman–Crippen MR) is 82.1 cm³/mol. The Hall–Kier alpha value is -1.63. The van der Waals surface area contributed by atoms with Gasteiger partial charge in [0.15, 0.2) is 9.84 Å². The van der Waals surface area contributed by atoms with Gasteiger partial charge in [0.1, 0.15) is 0 Å². The number of nitrogens with zero attached hydrogens (tertiary/aromatic N) is 4. The fourth-order valence-electron chi connectivity index (χ4n) is 2.36. The number of hydrogen-bond acceptors (Lipinski definition) is 4. The molecule has 7 heteroatoms. The highest BCUT2D eigenvalue weighted by atomic mass is 32.2. The van der Waals surface area contributed by atoms with Gasteiger partial charge in [-0.15, -0.1) is 0 Å². The Labute approximate surface area is 125 Å². The zero-order valence-electron chi connectivity index (χ0n) is 13.0. The maximum absolute atomic E-state index is 12.1. The van der Waals surface area contributed by atoms with Crippen molar-refractivity contribution in [2.24, 2.45) is 0 Å². The molecule has 0 atom stereocenters. The van der Waals surface area contributed by atoms with Crippen LogP contribution >= 0.6 is 0 Å². The Balaban J connectivity index is 1.93. The van der Waals surface area contributed by atoms with Crippen molar-refractivity contribution in [2.45, 2.75) is 40.8 Å². The first-order valence-corrected chi connectivity index (χ1v) is 8.81. The first kappa shape index (κ1) is 15.8. The van der Waals surface area contributed by atoms with Crippen molar-refractivity contribution >= 4 is 9.84 Å². The number of sulfone groups is 1. The van der Waals surface area contributed by atoms with E-state index in [1.807, 2.05) is 39.8 Å². The number of aromatic nitrogens is 4. The van der Waals surface area contributed by atoms with Crippen LogP contribution in [0.3, 0.4) is 0 Å². The van der Waals surface area contributed by atoms with Crippen molar-refractivity contribution < 1.29 is 8.42 Å². The second-order valence-electron chi connectivity index (χ2n) is 5.45. The molecule has 0 N–H and O–H groups in total. The third-order valence-electron chi connectivity index (χ3n) is 3.43. The molecule has 0 saturated heterocycles. The van der Waals surface area contributed by atoms with Gasteiger partial charge >= 0.3 is 0 Å². The van der Waals surface area contributed by atoms with Gasteiger partial charge in [-0.25, -0.2) is 8.42 Å². The van der Waals surface area contributed by atoms with Crippen molar-refractivity contribution in [2.75, 3.05) is 11.5 Å². The summed E-state index contributed by atoms with van der Waals surface area (Å²) in [6.45, 7) is 8.48. The van der Waals surface area contributed by atoms with Gasteiger partial charge in [-0.3, -0.25) is 9.36 Å². The highest BCUT2D eigenvalue weighted by Crippen LogP contribution is 2.05. The normalized spacial score (nSPS) is 12.0. The maximum Gasteiger partial charge on any atom is 0.153 e. The summed E-state index contributed by atoms with van der Waals surface area (Å²) >= 11 is 0. The number of rotatable bonds is 6. The molecule has 0 aromatic carbocycles. The minimum Gasteiger partial charge on any atom is -0.269 e. The number of aryl methyl sites for hydroxylation is 6. The molecule has 0 fully saturated rings. The maximum atomic E-state index is 12.1. The fourth-order valence-corrected chi connectivity index (χ4v) is 3.46. The molecule has 116 valence electrons. The van der Waals surface area contributed by atoms with Gasteiger partial charge in [0.25, 0.3) is 0 Å². The van der Waals surface area contributed by atoms with Gasteiger partial charge in [-0.05, 0) is 39.8 Å². The van der Waals surface area contributed by atoms with E-state index in [2.05, 4.69) is 10.2 Å². The second-order valence-corrected chi connectivity index (χ2v) is 7.76. The molecule has 0 unspecified atom stereocenters. The summed E-state index contributed by atoms with van der Waals surface area (Å²) < 4.78 is 27.8. The first-order valence-electron chi connectivity index (χ1n) is 6.99. The van der Waals surface area contributed by atoms with Gasteiger partial charge in [-0.1, -0.05) is 0 Å². The molecule has 0 aliphatic rings. The summed E-state index contributed by atoms with van der Waals surface area (Å²) in [5.41, 5.74) is 3.79. The van der Waals surface area contributed by atoms with Crippen LogP contribution in [0.5, 0.6) is 0 Å². The number of hydrogen-bond donors (Lipinski definition) is 0. The molecule has 2 rings (SSSR count). The van der Waals surface area contributed by atoms with Gasteiger partial charge in [-0.2, -0.15) is 10.2 Å². The molecule has 0 radical (unpaired) electrons. The molecule has 2 aromatic heterocycles. The molecule has 6 nitrogen and oxygen atoms in total. The molecular weight excluding hydrogens is 288 g/mol. The first-order chi connectivity index (χ1) is 9.77. The van der Waals surface area contributed by atoms with Crippen LogP contribution in [0.4, 0.5) is 0 Å². The third-order valence-corrected chi connectivity index (χ3v) is 5.04. The van der Waals surface area contributed by atoms with Gasteiger partial charge < -0.3 is 0 Å². The highest BCUT2D eigenvalue weighted by molar-refractivity contribution is 7.91. The molecule has 0 aliphatic heterocycles. The van der Waals surface area contributed by atoms with E-state index in [1.165, 1.54) is 0 Å². The lowest BCUT2D eigenvalue weighted by Gasteiger charge is -2.07. The standard InChI is InChI=1S/C14H22N4O2S/c1-11-9-13(3)17(15-11)5-7-21(19,20)8-6-18-14(4)10-12(2)16-18/h9-10H,5-8H2,1-4H3. The van der Waals surface area contributed by atoms with Crippen molar-refractivity contribution in [3.63, 3.8) is 0 Å². The predicted octanol–water partition coefficient (Wildman–Crippen LogP) is 1.43. The van der Waals surface area contributed by atoms with E-state index < -0.39 is 9.84 Å². The lowest BCUT2D eigenvalue weighted by atomic mass is 10.4. The van der Waals surface area contributed by atoms with E-state index in [4.69, 9.17) is 0 Å². The molecule has 0 amide bonds. The Kier molecular flexibility index (Phi) is 4.51. The molecule has 2 aromatic rings. The summed E-state index contributed by atoms with van der Waals surface area (Å²) in [6.07, 6.45) is 0. The Morgan fingerprint density at radius 3 is 1.52 bits per heavy atom. The highest BCUT2D eigenvalue weighted by Gasteiger charge is 2.13. The fraction of sp³-hybridized carbons (Fsp3) is 0.571. The van der Waals surface area contributed by atoms with E-state index in [1.54, 1.807) is 9.36 Å². The van der Waals surface area contributed by atoms with E-state index in [9.17, 15) is 8.42 Å². The van der Waals surface area contributed by atoms with Crippen LogP contribution < -0.4 is 0 Å². The summed E-state index contributed by atoms with van der Waals surface area (Å²) in [4.78, 5) is 0. The molecule has 0 spiro atoms. The molecule has 0 aliphatic carbocycles. The van der Waals surface area contributed by atoms with Crippen molar-refractivity contribution in [3.05, 3.63) is 34.9 Å². The summed E-state index contributed by atoms with van der Waals surface area (Å²) in [7, 11) is -3.11. The summed E-state index contributed by atoms with van der Waals surface area (Å²) in [6, 6.07) is 3.89. The van der Waals surface area contributed by atoms with Crippen molar-refractivity contribution in [1.29, 1.82) is 0 Å². The van der Waals surface area contributed by atoms with Crippen LogP contribution in [0.2, 0.25) is 0 Å². The average Bonchev–Trinajstić information content (AvgIpc) is 2.86. The minimum absolute atomic E-state index is 0.105. The molecule has 0 bridgehead atoms. The van der Waals surface area contributed by atoms with E-state index >= 15 is 0 Å². The Bertz CT molecular complexity index is 672. The average molecular weight is 310 g/mol. The van der Waals surface area contributed by atoms with E-state index in [0.717, 1.165) is 22.8 Å². The van der Waals surface area contributed by atoms with Crippen LogP contribution in [0.25, 0.3) is 0 Å². The molecule has 21 heavy (non-hydrogen) atoms. The van der Waals surface area contributed by atoms with Crippen LogP contribution in [-0.4, -0.2) is 39.5 Å². The summed E-state index contributed by atoms with van der Waals surface area (Å²) in [5, 5.41) is 8.57. The smallest absolute Gasteiger partial charge is 0.153 e. The van der Waals surface area contributed by atoms with Gasteiger partial charge in [0.2, 0.25) is 0 Å². The van der Waals surface area contributed by atoms with Gasteiger partial charge in [0, 0.05) is 11.4 Å². The van der Waals surface area contributed by atoms with Crippen molar-refractivity contribution in [3.8, 4) is 0 Å². The monoisotopic (exact) mass is 310 g/mol. The van der Waals surface area contributed by atoms with Crippen LogP contribution in [0, 0.1) is 27.7 Å². The van der Waals surface area contributed by atoms with E-state index in [-0.39, 0.29) is 11.5 Å². The zero-order valence-corrected chi connectivity index (χ0v) is 13.8. The second kappa shape index (κ2) is 6.01. The van der Waals surface area contributed by atoms with Gasteiger partial charge in [0.05, 0.1) is 36.0 Å². The minimum atomic E-state index is -3.11. The third kappa shape index (κ3) is 4.17. The van der Waals surface area contributed by atoms with Crippen LogP contribution in [0.15, 0.2) is 12.1 Å². The zero-order chi connectivity index (χ0) is 15.6. The molecule has 2 heterocycles. The largest absolute Gasteiger partial charge is 0.269 e. The molecular formula is C14H22N4O2S. The Morgan fingerprint density at radius 1 is 0.857 bits per heavy atom. The topological polar surface area (TPSA) is 69.8 Å². The lowest BCUT2D eigenvalue weighted by Crippen LogP contribution is -2.21. The lowest BCUT2D eigenvalue weighted by molar-refractivity contribution is 0.562. The van der Waals surface area contributed by atoms with Crippen LogP contribution in [-0.2, 0) is 22.9 Å². The molecule has 0 saturated carbocycles. The van der Waals surface area contributed by atoms with E-state index in [0.29, 0.717) is 13.1 Å². The quantitative estimate of drug-likeness (QED) is 0.809. The van der Waals surface area contributed by atoms with Crippen molar-refractivity contribution in [1.82, 2.24) is 19.6 Å². The SMILES string of the molecule is Cc1cc(C)n(CCS(=O)(=O)CCn2nc(C)cc2C)n1.